The zero-order chi connectivity index (χ0) is 15.8. The van der Waals surface area contributed by atoms with Crippen molar-refractivity contribution < 1.29 is 12.8 Å². The van der Waals surface area contributed by atoms with E-state index in [4.69, 9.17) is 5.73 Å². The molecular formula is C12H10Br2FN3O2S. The van der Waals surface area contributed by atoms with Gasteiger partial charge in [-0.25, -0.2) is 17.8 Å². The standard InChI is InChI=1S/C12H10Br2FN3O2S/c1-6-10(2-3-12(14)17-6)18-21(19,20)11-5-9(16)8(15)4-7(11)13/h2-5,18H,16H2,1H3. The Morgan fingerprint density at radius 3 is 2.57 bits per heavy atom. The van der Waals surface area contributed by atoms with Gasteiger partial charge in [0.05, 0.1) is 17.1 Å². The summed E-state index contributed by atoms with van der Waals surface area (Å²) in [6.07, 6.45) is 0. The molecule has 0 saturated carbocycles. The lowest BCUT2D eigenvalue weighted by atomic mass is 10.3. The summed E-state index contributed by atoms with van der Waals surface area (Å²) in [5.41, 5.74) is 6.00. The van der Waals surface area contributed by atoms with Gasteiger partial charge in [0, 0.05) is 4.47 Å². The lowest BCUT2D eigenvalue weighted by molar-refractivity contribution is 0.599. The molecule has 2 rings (SSSR count). The molecule has 0 radical (unpaired) electrons. The van der Waals surface area contributed by atoms with Crippen molar-refractivity contribution in [2.24, 2.45) is 0 Å². The third kappa shape index (κ3) is 3.53. The zero-order valence-electron chi connectivity index (χ0n) is 10.7. The number of nitrogen functional groups attached to an aromatic ring is 1. The van der Waals surface area contributed by atoms with Crippen LogP contribution in [0.15, 0.2) is 38.2 Å². The second kappa shape index (κ2) is 5.90. The van der Waals surface area contributed by atoms with E-state index in [1.807, 2.05) is 0 Å². The number of pyridine rings is 1. The van der Waals surface area contributed by atoms with Crippen LogP contribution >= 0.6 is 31.9 Å². The molecule has 3 N–H and O–H groups in total. The van der Waals surface area contributed by atoms with Crippen molar-refractivity contribution in [2.75, 3.05) is 10.5 Å². The molecule has 1 aromatic heterocycles. The Hall–Kier alpha value is -1.19. The third-order valence-electron chi connectivity index (χ3n) is 2.64. The summed E-state index contributed by atoms with van der Waals surface area (Å²) in [4.78, 5) is 3.95. The summed E-state index contributed by atoms with van der Waals surface area (Å²) >= 11 is 6.22. The van der Waals surface area contributed by atoms with Gasteiger partial charge in [-0.1, -0.05) is 0 Å². The molecule has 0 aliphatic heterocycles. The van der Waals surface area contributed by atoms with E-state index in [-0.39, 0.29) is 15.1 Å². The number of halogens is 3. The summed E-state index contributed by atoms with van der Waals surface area (Å²) in [5.74, 6) is -0.692. The Morgan fingerprint density at radius 2 is 1.95 bits per heavy atom. The van der Waals surface area contributed by atoms with Crippen LogP contribution in [0.2, 0.25) is 0 Å². The van der Waals surface area contributed by atoms with E-state index >= 15 is 0 Å². The minimum absolute atomic E-state index is 0.0874. The van der Waals surface area contributed by atoms with Crippen LogP contribution in [0, 0.1) is 12.7 Å². The molecule has 0 saturated heterocycles. The van der Waals surface area contributed by atoms with Crippen LogP contribution < -0.4 is 10.5 Å². The molecule has 9 heteroatoms. The maximum Gasteiger partial charge on any atom is 0.263 e. The Kier molecular flexibility index (Phi) is 4.54. The number of aromatic nitrogens is 1. The molecule has 0 unspecified atom stereocenters. The van der Waals surface area contributed by atoms with Gasteiger partial charge in [-0.05, 0) is 63.0 Å². The fourth-order valence-electron chi connectivity index (χ4n) is 1.59. The molecule has 0 amide bonds. The molecule has 0 aliphatic carbocycles. The first-order valence-electron chi connectivity index (χ1n) is 5.61. The van der Waals surface area contributed by atoms with Gasteiger partial charge in [0.2, 0.25) is 0 Å². The van der Waals surface area contributed by atoms with Crippen LogP contribution in [-0.4, -0.2) is 13.4 Å². The van der Waals surface area contributed by atoms with Gasteiger partial charge in [-0.2, -0.15) is 0 Å². The van der Waals surface area contributed by atoms with Gasteiger partial charge in [0.15, 0.2) is 0 Å². The first-order chi connectivity index (χ1) is 9.70. The molecule has 1 aromatic carbocycles. The lowest BCUT2D eigenvalue weighted by Crippen LogP contribution is -2.15. The minimum atomic E-state index is -3.92. The number of anilines is 2. The topological polar surface area (TPSA) is 85.1 Å². The molecule has 0 fully saturated rings. The zero-order valence-corrected chi connectivity index (χ0v) is 14.7. The molecule has 1 heterocycles. The highest BCUT2D eigenvalue weighted by Gasteiger charge is 2.21. The molecule has 21 heavy (non-hydrogen) atoms. The monoisotopic (exact) mass is 437 g/mol. The number of hydrogen-bond acceptors (Lipinski definition) is 4. The molecule has 2 aromatic rings. The Labute approximate surface area is 138 Å². The number of rotatable bonds is 3. The van der Waals surface area contributed by atoms with Crippen LogP contribution in [0.25, 0.3) is 0 Å². The number of nitrogens with one attached hydrogen (secondary N) is 1. The molecule has 0 aliphatic rings. The second-order valence-electron chi connectivity index (χ2n) is 4.18. The normalized spacial score (nSPS) is 11.4. The average Bonchev–Trinajstić information content (AvgIpc) is 2.37. The van der Waals surface area contributed by atoms with E-state index in [0.29, 0.717) is 16.0 Å². The van der Waals surface area contributed by atoms with Gasteiger partial charge in [-0.3, -0.25) is 4.72 Å². The van der Waals surface area contributed by atoms with Crippen LogP contribution in [-0.2, 0) is 10.0 Å². The maximum absolute atomic E-state index is 13.3. The summed E-state index contributed by atoms with van der Waals surface area (Å²) in [5, 5.41) is 0. The van der Waals surface area contributed by atoms with Crippen LogP contribution in [0.1, 0.15) is 5.69 Å². The number of benzene rings is 1. The molecule has 0 spiro atoms. The van der Waals surface area contributed by atoms with Gasteiger partial charge >= 0.3 is 0 Å². The molecule has 0 bridgehead atoms. The SMILES string of the molecule is Cc1nc(Br)ccc1NS(=O)(=O)c1cc(N)c(F)cc1Br. The van der Waals surface area contributed by atoms with Crippen LogP contribution in [0.5, 0.6) is 0 Å². The smallest absolute Gasteiger partial charge is 0.263 e. The summed E-state index contributed by atoms with van der Waals surface area (Å²) < 4.78 is 41.1. The predicted octanol–water partition coefficient (Wildman–Crippen LogP) is 3.44. The summed E-state index contributed by atoms with van der Waals surface area (Å²) in [6, 6.07) is 5.25. The number of aryl methyl sites for hydroxylation is 1. The Morgan fingerprint density at radius 1 is 1.29 bits per heavy atom. The van der Waals surface area contributed by atoms with Gasteiger partial charge < -0.3 is 5.73 Å². The van der Waals surface area contributed by atoms with Crippen LogP contribution in [0.4, 0.5) is 15.8 Å². The van der Waals surface area contributed by atoms with Crippen molar-refractivity contribution >= 4 is 53.3 Å². The van der Waals surface area contributed by atoms with Crippen LogP contribution in [0.3, 0.4) is 0 Å². The quantitative estimate of drug-likeness (QED) is 0.567. The first kappa shape index (κ1) is 16.2. The highest BCUT2D eigenvalue weighted by molar-refractivity contribution is 9.10. The third-order valence-corrected chi connectivity index (χ3v) is 5.40. The van der Waals surface area contributed by atoms with E-state index < -0.39 is 15.8 Å². The Balaban J connectivity index is 2.46. The number of nitrogens with two attached hydrogens (primary N) is 1. The van der Waals surface area contributed by atoms with Crippen molar-refractivity contribution in [3.05, 3.63) is 44.9 Å². The van der Waals surface area contributed by atoms with Gasteiger partial charge in [0.25, 0.3) is 10.0 Å². The highest BCUT2D eigenvalue weighted by Crippen LogP contribution is 2.29. The number of nitrogens with zero attached hydrogens (tertiary/aromatic N) is 1. The number of sulfonamides is 1. The molecule has 5 nitrogen and oxygen atoms in total. The summed E-state index contributed by atoms with van der Waals surface area (Å²) in [7, 11) is -3.92. The molecule has 112 valence electrons. The van der Waals surface area contributed by atoms with Crippen molar-refractivity contribution in [3.63, 3.8) is 0 Å². The van der Waals surface area contributed by atoms with Gasteiger partial charge in [-0.15, -0.1) is 0 Å². The maximum atomic E-state index is 13.3. The number of hydrogen-bond donors (Lipinski definition) is 2. The molecular weight excluding hydrogens is 429 g/mol. The van der Waals surface area contributed by atoms with Crippen molar-refractivity contribution in [1.29, 1.82) is 0 Å². The van der Waals surface area contributed by atoms with E-state index in [1.54, 1.807) is 19.1 Å². The van der Waals surface area contributed by atoms with Gasteiger partial charge in [0.1, 0.15) is 15.3 Å². The highest BCUT2D eigenvalue weighted by atomic mass is 79.9. The fourth-order valence-corrected chi connectivity index (χ4v) is 4.15. The minimum Gasteiger partial charge on any atom is -0.396 e. The van der Waals surface area contributed by atoms with E-state index in [1.165, 1.54) is 0 Å². The van der Waals surface area contributed by atoms with Crippen molar-refractivity contribution in [2.45, 2.75) is 11.8 Å². The largest absolute Gasteiger partial charge is 0.396 e. The first-order valence-corrected chi connectivity index (χ1v) is 8.68. The van der Waals surface area contributed by atoms with E-state index in [0.717, 1.165) is 12.1 Å². The Bertz CT molecular complexity index is 812. The molecule has 0 atom stereocenters. The predicted molar refractivity (Wildman–Crippen MR) is 86.0 cm³/mol. The van der Waals surface area contributed by atoms with Crippen molar-refractivity contribution in [3.8, 4) is 0 Å². The fraction of sp³-hybridized carbons (Fsp3) is 0.0833. The second-order valence-corrected chi connectivity index (χ2v) is 7.49. The summed E-state index contributed by atoms with van der Waals surface area (Å²) in [6.45, 7) is 1.66. The van der Waals surface area contributed by atoms with E-state index in [9.17, 15) is 12.8 Å². The lowest BCUT2D eigenvalue weighted by Gasteiger charge is -2.12. The van der Waals surface area contributed by atoms with Crippen molar-refractivity contribution in [1.82, 2.24) is 4.98 Å². The van der Waals surface area contributed by atoms with E-state index in [2.05, 4.69) is 41.6 Å². The average molecular weight is 439 g/mol.